The van der Waals surface area contributed by atoms with Crippen molar-refractivity contribution in [2.45, 2.75) is 58.7 Å². The number of carbonyl (C=O) groups excluding carboxylic acids is 1. The van der Waals surface area contributed by atoms with E-state index in [1.807, 2.05) is 6.92 Å². The van der Waals surface area contributed by atoms with Gasteiger partial charge in [0.05, 0.1) is 19.3 Å². The average molecular weight is 612 g/mol. The van der Waals surface area contributed by atoms with Gasteiger partial charge < -0.3 is 19.9 Å². The number of halogens is 5. The Balaban J connectivity index is 0.000000347. The molecule has 0 spiro atoms. The third-order valence-electron chi connectivity index (χ3n) is 6.09. The molecule has 0 aliphatic heterocycles. The van der Waals surface area contributed by atoms with Crippen molar-refractivity contribution in [3.63, 3.8) is 0 Å². The maximum absolute atomic E-state index is 13.1. The van der Waals surface area contributed by atoms with Gasteiger partial charge in [-0.3, -0.25) is 9.59 Å². The molecule has 0 fully saturated rings. The van der Waals surface area contributed by atoms with E-state index >= 15 is 0 Å². The van der Waals surface area contributed by atoms with E-state index in [1.165, 1.54) is 14.0 Å². The first-order valence-corrected chi connectivity index (χ1v) is 13.5. The Bertz CT molecular complexity index is 1350. The number of hydrogen-bond acceptors (Lipinski definition) is 5. The van der Waals surface area contributed by atoms with Gasteiger partial charge in [0.25, 0.3) is 0 Å². The Morgan fingerprint density at radius 3 is 2.24 bits per heavy atom. The van der Waals surface area contributed by atoms with E-state index in [9.17, 15) is 27.2 Å². The Hall–Kier alpha value is -3.79. The molecule has 0 bridgehead atoms. The fourth-order valence-electron chi connectivity index (χ4n) is 3.99. The number of hydrogen-bond donors (Lipinski definition) is 2. The summed E-state index contributed by atoms with van der Waals surface area (Å²) in [4.78, 5) is 22.7. The Morgan fingerprint density at radius 1 is 1.05 bits per heavy atom. The quantitative estimate of drug-likeness (QED) is 0.158. The highest BCUT2D eigenvalue weighted by molar-refractivity contribution is 6.30. The molecule has 3 aromatic rings. The molecule has 0 heterocycles. The van der Waals surface area contributed by atoms with Crippen molar-refractivity contribution in [2.75, 3.05) is 19.0 Å². The van der Waals surface area contributed by atoms with Gasteiger partial charge in [0.2, 0.25) is 0 Å². The highest BCUT2D eigenvalue weighted by atomic mass is 35.5. The first-order chi connectivity index (χ1) is 19.7. The molecule has 228 valence electrons. The number of ketones is 1. The lowest BCUT2D eigenvalue weighted by molar-refractivity contribution is -0.140. The zero-order valence-corrected chi connectivity index (χ0v) is 24.5. The van der Waals surface area contributed by atoms with Crippen molar-refractivity contribution in [3.05, 3.63) is 87.7 Å². The summed E-state index contributed by atoms with van der Waals surface area (Å²) in [6.45, 7) is 5.25. The summed E-state index contributed by atoms with van der Waals surface area (Å²) < 4.78 is 61.0. The van der Waals surface area contributed by atoms with Crippen LogP contribution in [0.3, 0.4) is 0 Å². The van der Waals surface area contributed by atoms with E-state index in [1.54, 1.807) is 49.4 Å². The van der Waals surface area contributed by atoms with Crippen LogP contribution in [0.2, 0.25) is 5.02 Å². The van der Waals surface area contributed by atoms with Gasteiger partial charge in [-0.2, -0.15) is 13.2 Å². The minimum Gasteiger partial charge on any atom is -0.497 e. The number of rotatable bonds is 12. The number of Topliss-reactive ketones (excluding diaryl/α,β-unsaturated/α-hetero) is 1. The number of carboxylic acids is 1. The number of alkyl halides is 3. The number of aliphatic carboxylic acids is 1. The van der Waals surface area contributed by atoms with Crippen molar-refractivity contribution in [3.8, 4) is 11.5 Å². The second kappa shape index (κ2) is 16.0. The minimum absolute atomic E-state index is 0.0397. The van der Waals surface area contributed by atoms with Crippen LogP contribution in [0.1, 0.15) is 61.4 Å². The summed E-state index contributed by atoms with van der Waals surface area (Å²) in [5.74, 6) is -1.01. The summed E-state index contributed by atoms with van der Waals surface area (Å²) in [5.41, 5.74) is 1.39. The number of benzene rings is 3. The molecular formula is C31H34ClF4NO5. The van der Waals surface area contributed by atoms with E-state index in [-0.39, 0.29) is 18.8 Å². The van der Waals surface area contributed by atoms with Crippen LogP contribution in [0.15, 0.2) is 54.6 Å². The van der Waals surface area contributed by atoms with Crippen molar-refractivity contribution in [1.82, 2.24) is 0 Å². The van der Waals surface area contributed by atoms with Gasteiger partial charge in [0, 0.05) is 35.3 Å². The zero-order chi connectivity index (χ0) is 31.4. The molecule has 2 N–H and O–H groups in total. The average Bonchev–Trinajstić information content (AvgIpc) is 2.91. The van der Waals surface area contributed by atoms with Crippen LogP contribution in [0.4, 0.5) is 23.2 Å². The molecule has 1 atom stereocenters. The van der Waals surface area contributed by atoms with E-state index in [4.69, 9.17) is 26.2 Å². The molecule has 0 amide bonds. The van der Waals surface area contributed by atoms with Crippen LogP contribution in [-0.4, -0.2) is 30.6 Å². The van der Waals surface area contributed by atoms with Crippen molar-refractivity contribution < 1.29 is 41.7 Å². The van der Waals surface area contributed by atoms with E-state index in [2.05, 4.69) is 5.32 Å². The SMILES string of the molecule is CCCc1cc(F)c(C(F)(F)F)cc1C.COc1cc(NC(C(C)=O)c2ccc(Cl)cc2)cc(OCCCC(=O)O)c1. The number of carbonyl (C=O) groups is 2. The predicted molar refractivity (Wildman–Crippen MR) is 154 cm³/mol. The summed E-state index contributed by atoms with van der Waals surface area (Å²) in [7, 11) is 1.54. The van der Waals surface area contributed by atoms with E-state index in [0.29, 0.717) is 46.2 Å². The summed E-state index contributed by atoms with van der Waals surface area (Å²) in [5, 5.41) is 12.5. The van der Waals surface area contributed by atoms with Gasteiger partial charge in [0.1, 0.15) is 23.4 Å². The molecule has 3 rings (SSSR count). The van der Waals surface area contributed by atoms with E-state index in [0.717, 1.165) is 24.1 Å². The Kier molecular flexibility index (Phi) is 13.1. The second-order valence-corrected chi connectivity index (χ2v) is 9.93. The highest BCUT2D eigenvalue weighted by Crippen LogP contribution is 2.33. The first-order valence-electron chi connectivity index (χ1n) is 13.2. The molecule has 0 saturated heterocycles. The van der Waals surface area contributed by atoms with Crippen LogP contribution < -0.4 is 14.8 Å². The molecule has 0 aromatic heterocycles. The standard InChI is InChI=1S/C20H22ClNO5.C11H12F4/c1-13(23)20(14-5-7-15(21)8-6-14)22-16-10-17(26-2)12-18(11-16)27-9-3-4-19(24)25;1-3-4-8-6-10(12)9(5-7(8)2)11(13,14)15/h5-8,10-12,20,22H,3-4,9H2,1-2H3,(H,24,25);5-6H,3-4H2,1-2H3. The Morgan fingerprint density at radius 2 is 1.69 bits per heavy atom. The highest BCUT2D eigenvalue weighted by Gasteiger charge is 2.34. The third-order valence-corrected chi connectivity index (χ3v) is 6.34. The van der Waals surface area contributed by atoms with Crippen LogP contribution in [0.5, 0.6) is 11.5 Å². The van der Waals surface area contributed by atoms with E-state index < -0.39 is 29.6 Å². The van der Waals surface area contributed by atoms with Gasteiger partial charge in [-0.05, 0) is 67.6 Å². The van der Waals surface area contributed by atoms with Gasteiger partial charge in [-0.25, -0.2) is 4.39 Å². The summed E-state index contributed by atoms with van der Waals surface area (Å²) >= 11 is 5.92. The molecule has 11 heteroatoms. The molecule has 3 aromatic carbocycles. The number of carboxylic acid groups (broad SMARTS) is 1. The number of methoxy groups -OCH3 is 1. The molecule has 0 saturated carbocycles. The van der Waals surface area contributed by atoms with Crippen molar-refractivity contribution in [2.24, 2.45) is 0 Å². The first kappa shape index (κ1) is 34.4. The fourth-order valence-corrected chi connectivity index (χ4v) is 4.12. The maximum Gasteiger partial charge on any atom is 0.419 e. The topological polar surface area (TPSA) is 84.9 Å². The number of anilines is 1. The molecule has 0 aliphatic rings. The van der Waals surface area contributed by atoms with Crippen LogP contribution in [0, 0.1) is 12.7 Å². The third kappa shape index (κ3) is 10.9. The van der Waals surface area contributed by atoms with Crippen LogP contribution in [-0.2, 0) is 22.2 Å². The maximum atomic E-state index is 13.1. The van der Waals surface area contributed by atoms with Gasteiger partial charge >= 0.3 is 12.1 Å². The largest absolute Gasteiger partial charge is 0.497 e. The molecule has 6 nitrogen and oxygen atoms in total. The number of ether oxygens (including phenoxy) is 2. The normalized spacial score (nSPS) is 11.6. The van der Waals surface area contributed by atoms with Crippen LogP contribution in [0.25, 0.3) is 0 Å². The lowest BCUT2D eigenvalue weighted by atomic mass is 10.0. The number of nitrogens with one attached hydrogen (secondary N) is 1. The van der Waals surface area contributed by atoms with Crippen molar-refractivity contribution in [1.29, 1.82) is 0 Å². The smallest absolute Gasteiger partial charge is 0.419 e. The molecular weight excluding hydrogens is 578 g/mol. The van der Waals surface area contributed by atoms with Gasteiger partial charge in [-0.1, -0.05) is 37.1 Å². The summed E-state index contributed by atoms with van der Waals surface area (Å²) in [6, 6.07) is 13.6. The minimum atomic E-state index is -4.61. The summed E-state index contributed by atoms with van der Waals surface area (Å²) in [6.07, 6.45) is -2.79. The lowest BCUT2D eigenvalue weighted by Crippen LogP contribution is -2.18. The molecule has 1 unspecified atom stereocenters. The molecule has 0 radical (unpaired) electrons. The fraction of sp³-hybridized carbons (Fsp3) is 0.355. The molecule has 0 aliphatic carbocycles. The van der Waals surface area contributed by atoms with Gasteiger partial charge in [-0.15, -0.1) is 0 Å². The van der Waals surface area contributed by atoms with Gasteiger partial charge in [0.15, 0.2) is 5.78 Å². The Labute approximate surface area is 247 Å². The predicted octanol–water partition coefficient (Wildman–Crippen LogP) is 8.44. The van der Waals surface area contributed by atoms with Crippen molar-refractivity contribution >= 4 is 29.0 Å². The second-order valence-electron chi connectivity index (χ2n) is 9.49. The van der Waals surface area contributed by atoms with Crippen LogP contribution >= 0.6 is 11.6 Å². The number of aryl methyl sites for hydroxylation is 2. The monoisotopic (exact) mass is 611 g/mol. The lowest BCUT2D eigenvalue weighted by Gasteiger charge is -2.19. The molecule has 42 heavy (non-hydrogen) atoms. The zero-order valence-electron chi connectivity index (χ0n) is 23.8.